The number of aliphatic imine (C=N–C) groups is 1. The second-order valence-electron chi connectivity index (χ2n) is 5.99. The van der Waals surface area contributed by atoms with Gasteiger partial charge in [-0.15, -0.1) is 11.8 Å². The Bertz CT molecular complexity index is 541. The fourth-order valence-corrected chi connectivity index (χ4v) is 3.41. The van der Waals surface area contributed by atoms with E-state index in [0.29, 0.717) is 13.0 Å². The first kappa shape index (κ1) is 17.7. The Morgan fingerprint density at radius 1 is 1.26 bits per heavy atom. The van der Waals surface area contributed by atoms with Gasteiger partial charge in [-0.05, 0) is 25.0 Å². The summed E-state index contributed by atoms with van der Waals surface area (Å²) in [6.45, 7) is 1.48. The van der Waals surface area contributed by atoms with Crippen molar-refractivity contribution in [1.82, 2.24) is 15.5 Å². The molecule has 1 fully saturated rings. The lowest BCUT2D eigenvalue weighted by Crippen LogP contribution is -2.42. The third-order valence-corrected chi connectivity index (χ3v) is 5.31. The second-order valence-corrected chi connectivity index (χ2v) is 7.53. The fraction of sp³-hybridized carbons (Fsp3) is 0.529. The molecule has 0 heterocycles. The van der Waals surface area contributed by atoms with E-state index in [4.69, 9.17) is 0 Å². The van der Waals surface area contributed by atoms with E-state index in [0.717, 1.165) is 12.5 Å². The van der Waals surface area contributed by atoms with Crippen LogP contribution in [0.1, 0.15) is 19.3 Å². The average Bonchev–Trinajstić information content (AvgIpc) is 3.31. The summed E-state index contributed by atoms with van der Waals surface area (Å²) in [7, 11) is 5.30. The van der Waals surface area contributed by atoms with Gasteiger partial charge in [0.1, 0.15) is 0 Å². The summed E-state index contributed by atoms with van der Waals surface area (Å²) >= 11 is 1.94. The molecule has 5 nitrogen and oxygen atoms in total. The van der Waals surface area contributed by atoms with E-state index in [-0.39, 0.29) is 10.7 Å². The summed E-state index contributed by atoms with van der Waals surface area (Å²) in [5.74, 6) is 0.878. The zero-order valence-corrected chi connectivity index (χ0v) is 14.9. The molecule has 2 rings (SSSR count). The van der Waals surface area contributed by atoms with Crippen molar-refractivity contribution in [3.63, 3.8) is 0 Å². The van der Waals surface area contributed by atoms with Crippen LogP contribution in [0.3, 0.4) is 0 Å². The first-order valence-corrected chi connectivity index (χ1v) is 8.75. The topological polar surface area (TPSA) is 56.7 Å². The molecule has 6 heteroatoms. The van der Waals surface area contributed by atoms with Gasteiger partial charge in [0.25, 0.3) is 0 Å². The zero-order valence-electron chi connectivity index (χ0n) is 14.1. The van der Waals surface area contributed by atoms with Crippen LogP contribution in [0.25, 0.3) is 0 Å². The van der Waals surface area contributed by atoms with E-state index < -0.39 is 0 Å². The molecule has 1 aromatic rings. The van der Waals surface area contributed by atoms with Crippen molar-refractivity contribution >= 4 is 23.6 Å². The number of guanidine groups is 1. The van der Waals surface area contributed by atoms with Crippen LogP contribution in [0.5, 0.6) is 0 Å². The van der Waals surface area contributed by atoms with E-state index in [1.54, 1.807) is 26.0 Å². The number of hydrogen-bond acceptors (Lipinski definition) is 3. The number of carbonyl (C=O) groups excluding carboxylic acids is 1. The lowest BCUT2D eigenvalue weighted by atomic mass is 10.4. The Balaban J connectivity index is 1.74. The van der Waals surface area contributed by atoms with E-state index in [9.17, 15) is 4.79 Å². The zero-order chi connectivity index (χ0) is 16.7. The van der Waals surface area contributed by atoms with Crippen LogP contribution in [0.15, 0.2) is 40.2 Å². The van der Waals surface area contributed by atoms with Gasteiger partial charge in [-0.2, -0.15) is 0 Å². The second kappa shape index (κ2) is 8.24. The van der Waals surface area contributed by atoms with Crippen LogP contribution < -0.4 is 10.6 Å². The highest BCUT2D eigenvalue weighted by atomic mass is 32.2. The lowest BCUT2D eigenvalue weighted by molar-refractivity contribution is -0.128. The summed E-state index contributed by atoms with van der Waals surface area (Å²) in [6.07, 6.45) is 2.91. The first-order valence-electron chi connectivity index (χ1n) is 7.93. The summed E-state index contributed by atoms with van der Waals surface area (Å²) in [5.41, 5.74) is 0. The van der Waals surface area contributed by atoms with Gasteiger partial charge in [-0.3, -0.25) is 9.79 Å². The third-order valence-electron chi connectivity index (χ3n) is 3.82. The quantitative estimate of drug-likeness (QED) is 0.591. The molecule has 0 unspecified atom stereocenters. The van der Waals surface area contributed by atoms with E-state index in [1.165, 1.54) is 17.7 Å². The highest BCUT2D eigenvalue weighted by Gasteiger charge is 2.43. The largest absolute Gasteiger partial charge is 0.356 e. The summed E-state index contributed by atoms with van der Waals surface area (Å²) in [5, 5.41) is 6.59. The van der Waals surface area contributed by atoms with Crippen molar-refractivity contribution in [2.75, 3.05) is 34.2 Å². The van der Waals surface area contributed by atoms with Crippen LogP contribution >= 0.6 is 11.8 Å². The fourth-order valence-electron chi connectivity index (χ4n) is 2.17. The monoisotopic (exact) mass is 334 g/mol. The Morgan fingerprint density at radius 3 is 2.52 bits per heavy atom. The molecule has 0 bridgehead atoms. The van der Waals surface area contributed by atoms with Gasteiger partial charge in [0, 0.05) is 50.3 Å². The number of nitrogens with zero attached hydrogens (tertiary/aromatic N) is 2. The Hall–Kier alpha value is -1.69. The number of thioether (sulfide) groups is 1. The van der Waals surface area contributed by atoms with Gasteiger partial charge in [0.05, 0.1) is 0 Å². The summed E-state index contributed by atoms with van der Waals surface area (Å²) in [4.78, 5) is 18.7. The van der Waals surface area contributed by atoms with Crippen molar-refractivity contribution in [2.45, 2.75) is 28.9 Å². The number of hydrogen-bond donors (Lipinski definition) is 2. The molecule has 1 aliphatic rings. The van der Waals surface area contributed by atoms with Gasteiger partial charge in [0.15, 0.2) is 5.96 Å². The highest BCUT2D eigenvalue weighted by molar-refractivity contribution is 8.01. The van der Waals surface area contributed by atoms with Crippen molar-refractivity contribution in [3.05, 3.63) is 30.3 Å². The van der Waals surface area contributed by atoms with Gasteiger partial charge in [-0.25, -0.2) is 0 Å². The summed E-state index contributed by atoms with van der Waals surface area (Å²) in [6, 6.07) is 10.5. The normalized spacial score (nSPS) is 15.9. The smallest absolute Gasteiger partial charge is 0.223 e. The average molecular weight is 334 g/mol. The number of amides is 1. The van der Waals surface area contributed by atoms with Crippen molar-refractivity contribution < 1.29 is 4.79 Å². The Morgan fingerprint density at radius 2 is 1.96 bits per heavy atom. The van der Waals surface area contributed by atoms with Gasteiger partial charge in [-0.1, -0.05) is 18.2 Å². The minimum atomic E-state index is 0.117. The molecular formula is C17H26N4OS. The van der Waals surface area contributed by atoms with Crippen LogP contribution in [-0.4, -0.2) is 55.7 Å². The van der Waals surface area contributed by atoms with Gasteiger partial charge < -0.3 is 15.5 Å². The first-order chi connectivity index (χ1) is 11.0. The SMILES string of the molecule is CN=C(NCCC(=O)N(C)C)NCC1(Sc2ccccc2)CC1. The predicted molar refractivity (Wildman–Crippen MR) is 96.9 cm³/mol. The summed E-state index contributed by atoms with van der Waals surface area (Å²) < 4.78 is 0.276. The molecule has 1 saturated carbocycles. The van der Waals surface area contributed by atoms with Crippen molar-refractivity contribution in [1.29, 1.82) is 0 Å². The van der Waals surface area contributed by atoms with Gasteiger partial charge in [0.2, 0.25) is 5.91 Å². The van der Waals surface area contributed by atoms with Crippen molar-refractivity contribution in [3.8, 4) is 0 Å². The minimum Gasteiger partial charge on any atom is -0.356 e. The molecule has 0 spiro atoms. The van der Waals surface area contributed by atoms with E-state index >= 15 is 0 Å². The molecular weight excluding hydrogens is 308 g/mol. The molecule has 2 N–H and O–H groups in total. The molecule has 0 aliphatic heterocycles. The van der Waals surface area contributed by atoms with E-state index in [1.807, 2.05) is 17.8 Å². The molecule has 0 saturated heterocycles. The van der Waals surface area contributed by atoms with Crippen molar-refractivity contribution in [2.24, 2.45) is 4.99 Å². The van der Waals surface area contributed by atoms with Crippen LogP contribution in [0.2, 0.25) is 0 Å². The Labute approximate surface area is 142 Å². The van der Waals surface area contributed by atoms with E-state index in [2.05, 4.69) is 39.9 Å². The Kier molecular flexibility index (Phi) is 6.33. The molecule has 0 atom stereocenters. The third kappa shape index (κ3) is 5.78. The number of nitrogens with one attached hydrogen (secondary N) is 2. The number of carbonyl (C=O) groups is 1. The van der Waals surface area contributed by atoms with Crippen LogP contribution in [0.4, 0.5) is 0 Å². The molecule has 126 valence electrons. The molecule has 1 amide bonds. The predicted octanol–water partition coefficient (Wildman–Crippen LogP) is 1.95. The van der Waals surface area contributed by atoms with Crippen LogP contribution in [-0.2, 0) is 4.79 Å². The number of rotatable bonds is 7. The molecule has 0 radical (unpaired) electrons. The highest BCUT2D eigenvalue weighted by Crippen LogP contribution is 2.51. The lowest BCUT2D eigenvalue weighted by Gasteiger charge is -2.18. The standard InChI is InChI=1S/C17H26N4OS/c1-18-16(19-12-9-15(22)21(2)3)20-13-17(10-11-17)23-14-7-5-4-6-8-14/h4-8H,9-13H2,1-3H3,(H2,18,19,20). The molecule has 0 aromatic heterocycles. The van der Waals surface area contributed by atoms with Crippen LogP contribution in [0, 0.1) is 0 Å². The minimum absolute atomic E-state index is 0.117. The van der Waals surface area contributed by atoms with Gasteiger partial charge >= 0.3 is 0 Å². The maximum atomic E-state index is 11.6. The number of benzene rings is 1. The molecule has 1 aromatic carbocycles. The molecule has 23 heavy (non-hydrogen) atoms. The maximum absolute atomic E-state index is 11.6. The maximum Gasteiger partial charge on any atom is 0.223 e. The molecule has 1 aliphatic carbocycles.